The summed E-state index contributed by atoms with van der Waals surface area (Å²) in [4.78, 5) is 20.8. The molecule has 0 radical (unpaired) electrons. The van der Waals surface area contributed by atoms with Gasteiger partial charge in [-0.3, -0.25) is 4.79 Å². The van der Waals surface area contributed by atoms with Gasteiger partial charge in [-0.05, 0) is 37.3 Å². The molecule has 0 bridgehead atoms. The van der Waals surface area contributed by atoms with E-state index in [-0.39, 0.29) is 5.78 Å². The van der Waals surface area contributed by atoms with Crippen LogP contribution in [0.5, 0.6) is 0 Å². The Morgan fingerprint density at radius 2 is 2.00 bits per heavy atom. The average Bonchev–Trinajstić information content (AvgIpc) is 2.37. The van der Waals surface area contributed by atoms with Crippen LogP contribution in [0.25, 0.3) is 0 Å². The van der Waals surface area contributed by atoms with Gasteiger partial charge in [-0.25, -0.2) is 9.97 Å². The topological polar surface area (TPSA) is 42.9 Å². The number of carbonyl (C=O) groups excluding carboxylic acids is 1. The van der Waals surface area contributed by atoms with Gasteiger partial charge >= 0.3 is 0 Å². The number of aromatic nitrogens is 2. The van der Waals surface area contributed by atoms with E-state index in [1.54, 1.807) is 19.2 Å². The Bertz CT molecular complexity index is 618. The van der Waals surface area contributed by atoms with Crippen molar-refractivity contribution >= 4 is 5.78 Å². The van der Waals surface area contributed by atoms with Crippen LogP contribution in [0, 0.1) is 6.92 Å². The lowest BCUT2D eigenvalue weighted by atomic mass is 9.77. The fourth-order valence-corrected chi connectivity index (χ4v) is 2.50. The fourth-order valence-electron chi connectivity index (χ4n) is 2.50. The molecule has 1 aliphatic rings. The highest BCUT2D eigenvalue weighted by molar-refractivity contribution is 6.08. The molecule has 3 heteroatoms. The predicted molar refractivity (Wildman–Crippen MR) is 73.2 cm³/mol. The smallest absolute Gasteiger partial charge is 0.211 e. The van der Waals surface area contributed by atoms with Crippen molar-refractivity contribution in [3.63, 3.8) is 0 Å². The third kappa shape index (κ3) is 2.28. The maximum atomic E-state index is 12.6. The van der Waals surface area contributed by atoms with Crippen LogP contribution in [0.15, 0.2) is 36.5 Å². The number of benzene rings is 1. The molecule has 0 N–H and O–H groups in total. The highest BCUT2D eigenvalue weighted by atomic mass is 16.1. The van der Waals surface area contributed by atoms with E-state index in [0.717, 1.165) is 5.56 Å². The molecule has 0 aliphatic heterocycles. The standard InChI is InChI=1S/C16H16N2O/c1-11-17-10-9-15(18-11)16(19)14-8-3-2-7-13(14)12-5-4-6-12/h2-3,7-10,12H,4-6H2,1H3. The number of ketones is 1. The molecule has 0 amide bonds. The first-order chi connectivity index (χ1) is 9.25. The molecule has 19 heavy (non-hydrogen) atoms. The molecule has 0 saturated heterocycles. The van der Waals surface area contributed by atoms with Crippen molar-refractivity contribution in [3.8, 4) is 0 Å². The molecule has 3 nitrogen and oxygen atoms in total. The third-order valence-electron chi connectivity index (χ3n) is 3.76. The van der Waals surface area contributed by atoms with Crippen LogP contribution in [-0.2, 0) is 0 Å². The van der Waals surface area contributed by atoms with Crippen LogP contribution in [0.2, 0.25) is 0 Å². The Morgan fingerprint density at radius 3 is 2.68 bits per heavy atom. The Hall–Kier alpha value is -2.03. The lowest BCUT2D eigenvalue weighted by molar-refractivity contribution is 0.103. The van der Waals surface area contributed by atoms with Crippen molar-refractivity contribution in [2.75, 3.05) is 0 Å². The van der Waals surface area contributed by atoms with Crippen molar-refractivity contribution in [1.82, 2.24) is 9.97 Å². The van der Waals surface area contributed by atoms with Crippen molar-refractivity contribution in [3.05, 3.63) is 59.2 Å². The van der Waals surface area contributed by atoms with Gasteiger partial charge in [0.05, 0.1) is 0 Å². The van der Waals surface area contributed by atoms with Crippen LogP contribution in [0.4, 0.5) is 0 Å². The van der Waals surface area contributed by atoms with E-state index in [9.17, 15) is 4.79 Å². The predicted octanol–water partition coefficient (Wildman–Crippen LogP) is 3.28. The van der Waals surface area contributed by atoms with Crippen molar-refractivity contribution < 1.29 is 4.79 Å². The summed E-state index contributed by atoms with van der Waals surface area (Å²) in [5.41, 5.74) is 2.46. The van der Waals surface area contributed by atoms with Crippen LogP contribution in [-0.4, -0.2) is 15.8 Å². The molecular formula is C16H16N2O. The first-order valence-electron chi connectivity index (χ1n) is 6.69. The Morgan fingerprint density at radius 1 is 1.21 bits per heavy atom. The first kappa shape index (κ1) is 12.0. The van der Waals surface area contributed by atoms with Gasteiger partial charge in [0.1, 0.15) is 11.5 Å². The average molecular weight is 252 g/mol. The van der Waals surface area contributed by atoms with Gasteiger partial charge in [-0.1, -0.05) is 30.7 Å². The van der Waals surface area contributed by atoms with Gasteiger partial charge in [0, 0.05) is 11.8 Å². The minimum atomic E-state index is 0.00741. The molecular weight excluding hydrogens is 236 g/mol. The molecule has 1 heterocycles. The summed E-state index contributed by atoms with van der Waals surface area (Å²) in [6, 6.07) is 9.60. The van der Waals surface area contributed by atoms with Gasteiger partial charge in [0.15, 0.2) is 0 Å². The largest absolute Gasteiger partial charge is 0.287 e. The number of rotatable bonds is 3. The maximum absolute atomic E-state index is 12.6. The lowest BCUT2D eigenvalue weighted by Gasteiger charge is -2.27. The Balaban J connectivity index is 1.99. The third-order valence-corrected chi connectivity index (χ3v) is 3.76. The molecule has 1 saturated carbocycles. The Labute approximate surface area is 112 Å². The van der Waals surface area contributed by atoms with Gasteiger partial charge < -0.3 is 0 Å². The van der Waals surface area contributed by atoms with Crippen LogP contribution < -0.4 is 0 Å². The molecule has 3 rings (SSSR count). The van der Waals surface area contributed by atoms with E-state index in [4.69, 9.17) is 0 Å². The molecule has 0 atom stereocenters. The van der Waals surface area contributed by atoms with E-state index in [1.807, 2.05) is 18.2 Å². The molecule has 96 valence electrons. The number of nitrogens with zero attached hydrogens (tertiary/aromatic N) is 2. The SMILES string of the molecule is Cc1nccc(C(=O)c2ccccc2C2CCC2)n1. The molecule has 1 fully saturated rings. The summed E-state index contributed by atoms with van der Waals surface area (Å²) in [7, 11) is 0. The van der Waals surface area contributed by atoms with Gasteiger partial charge in [0.2, 0.25) is 5.78 Å². The van der Waals surface area contributed by atoms with Gasteiger partial charge in [-0.15, -0.1) is 0 Å². The molecule has 0 spiro atoms. The van der Waals surface area contributed by atoms with E-state index >= 15 is 0 Å². The second-order valence-corrected chi connectivity index (χ2v) is 5.03. The number of aryl methyl sites for hydroxylation is 1. The number of hydrogen-bond donors (Lipinski definition) is 0. The minimum absolute atomic E-state index is 0.00741. The van der Waals surface area contributed by atoms with Crippen molar-refractivity contribution in [2.45, 2.75) is 32.1 Å². The fraction of sp³-hybridized carbons (Fsp3) is 0.312. The second kappa shape index (κ2) is 4.92. The Kier molecular flexibility index (Phi) is 3.11. The number of carbonyl (C=O) groups is 1. The molecule has 1 aromatic carbocycles. The summed E-state index contributed by atoms with van der Waals surface area (Å²) in [5.74, 6) is 1.18. The highest BCUT2D eigenvalue weighted by Gasteiger charge is 2.25. The van der Waals surface area contributed by atoms with Gasteiger partial charge in [-0.2, -0.15) is 0 Å². The van der Waals surface area contributed by atoms with Crippen LogP contribution in [0.3, 0.4) is 0 Å². The zero-order chi connectivity index (χ0) is 13.2. The molecule has 2 aromatic rings. The maximum Gasteiger partial charge on any atom is 0.211 e. The van der Waals surface area contributed by atoms with E-state index < -0.39 is 0 Å². The monoisotopic (exact) mass is 252 g/mol. The zero-order valence-electron chi connectivity index (χ0n) is 11.0. The summed E-state index contributed by atoms with van der Waals surface area (Å²) < 4.78 is 0. The summed E-state index contributed by atoms with van der Waals surface area (Å²) in [6.45, 7) is 1.80. The van der Waals surface area contributed by atoms with Crippen LogP contribution >= 0.6 is 0 Å². The van der Waals surface area contributed by atoms with Crippen molar-refractivity contribution in [2.24, 2.45) is 0 Å². The quantitative estimate of drug-likeness (QED) is 0.787. The first-order valence-corrected chi connectivity index (χ1v) is 6.69. The zero-order valence-corrected chi connectivity index (χ0v) is 11.0. The van der Waals surface area contributed by atoms with E-state index in [0.29, 0.717) is 17.4 Å². The molecule has 1 aliphatic carbocycles. The lowest BCUT2D eigenvalue weighted by Crippen LogP contribution is -2.15. The minimum Gasteiger partial charge on any atom is -0.287 e. The van der Waals surface area contributed by atoms with Crippen molar-refractivity contribution in [1.29, 1.82) is 0 Å². The van der Waals surface area contributed by atoms with E-state index in [2.05, 4.69) is 16.0 Å². The van der Waals surface area contributed by atoms with Crippen LogP contribution in [0.1, 0.15) is 52.6 Å². The summed E-state index contributed by atoms with van der Waals surface area (Å²) in [5, 5.41) is 0. The van der Waals surface area contributed by atoms with Gasteiger partial charge in [0.25, 0.3) is 0 Å². The second-order valence-electron chi connectivity index (χ2n) is 5.03. The van der Waals surface area contributed by atoms with E-state index in [1.165, 1.54) is 24.8 Å². The highest BCUT2D eigenvalue weighted by Crippen LogP contribution is 2.38. The number of hydrogen-bond acceptors (Lipinski definition) is 3. The normalized spacial score (nSPS) is 15.0. The summed E-state index contributed by atoms with van der Waals surface area (Å²) in [6.07, 6.45) is 5.28. The molecule has 1 aromatic heterocycles. The summed E-state index contributed by atoms with van der Waals surface area (Å²) >= 11 is 0. The molecule has 0 unspecified atom stereocenters.